The van der Waals surface area contributed by atoms with Gasteiger partial charge in [0.05, 0.1) is 36.3 Å². The van der Waals surface area contributed by atoms with Crippen LogP contribution in [0.2, 0.25) is 0 Å². The van der Waals surface area contributed by atoms with Crippen molar-refractivity contribution in [2.75, 3.05) is 36.5 Å². The zero-order valence-electron chi connectivity index (χ0n) is 19.5. The van der Waals surface area contributed by atoms with E-state index in [-0.39, 0.29) is 40.8 Å². The van der Waals surface area contributed by atoms with Crippen LogP contribution in [0.4, 0.5) is 11.4 Å². The van der Waals surface area contributed by atoms with Crippen LogP contribution in [0.5, 0.6) is 0 Å². The van der Waals surface area contributed by atoms with Gasteiger partial charge in [-0.15, -0.1) is 0 Å². The summed E-state index contributed by atoms with van der Waals surface area (Å²) in [5, 5.41) is 2.83. The molecule has 0 aromatic heterocycles. The topological polar surface area (TPSA) is 96.0 Å². The van der Waals surface area contributed by atoms with E-state index in [1.807, 2.05) is 13.0 Å². The number of fused-ring (bicyclic) bond motifs is 1. The SMILES string of the molecule is CC1=CC[C@@H]2C(=O)N(c3ccccc3C(=O)Nc3cccc(C(=O)N4CCOCC4)c3)C(=O)[C@H]2C1. The van der Waals surface area contributed by atoms with Crippen LogP contribution in [0.3, 0.4) is 0 Å². The van der Waals surface area contributed by atoms with Crippen molar-refractivity contribution < 1.29 is 23.9 Å². The third-order valence-corrected chi connectivity index (χ3v) is 6.88. The summed E-state index contributed by atoms with van der Waals surface area (Å²) in [7, 11) is 0. The maximum Gasteiger partial charge on any atom is 0.257 e. The molecule has 2 heterocycles. The summed E-state index contributed by atoms with van der Waals surface area (Å²) in [4.78, 5) is 55.3. The number of nitrogens with one attached hydrogen (secondary N) is 1. The highest BCUT2D eigenvalue weighted by Crippen LogP contribution is 2.40. The van der Waals surface area contributed by atoms with Crippen LogP contribution < -0.4 is 10.2 Å². The van der Waals surface area contributed by atoms with Crippen molar-refractivity contribution in [3.8, 4) is 0 Å². The van der Waals surface area contributed by atoms with E-state index >= 15 is 0 Å². The minimum Gasteiger partial charge on any atom is -0.378 e. The van der Waals surface area contributed by atoms with E-state index in [9.17, 15) is 19.2 Å². The Kier molecular flexibility index (Phi) is 6.21. The van der Waals surface area contributed by atoms with Gasteiger partial charge in [0, 0.05) is 24.3 Å². The van der Waals surface area contributed by atoms with Gasteiger partial charge in [-0.1, -0.05) is 29.8 Å². The number of nitrogens with zero attached hydrogens (tertiary/aromatic N) is 2. The van der Waals surface area contributed by atoms with Gasteiger partial charge >= 0.3 is 0 Å². The second-order valence-corrected chi connectivity index (χ2v) is 9.17. The highest BCUT2D eigenvalue weighted by atomic mass is 16.5. The molecule has 0 bridgehead atoms. The fourth-order valence-electron chi connectivity index (χ4n) is 5.01. The molecule has 2 fully saturated rings. The molecule has 2 aliphatic heterocycles. The van der Waals surface area contributed by atoms with E-state index in [0.717, 1.165) is 5.57 Å². The molecule has 2 aromatic rings. The molecule has 180 valence electrons. The Morgan fingerprint density at radius 3 is 2.51 bits per heavy atom. The van der Waals surface area contributed by atoms with Gasteiger partial charge in [-0.3, -0.25) is 19.2 Å². The lowest BCUT2D eigenvalue weighted by Gasteiger charge is -2.27. The Labute approximate surface area is 203 Å². The molecular formula is C27H27N3O5. The lowest BCUT2D eigenvalue weighted by Crippen LogP contribution is -2.40. The molecule has 0 saturated carbocycles. The Morgan fingerprint density at radius 2 is 1.71 bits per heavy atom. The summed E-state index contributed by atoms with van der Waals surface area (Å²) in [6, 6.07) is 13.4. The number of carbonyl (C=O) groups is 4. The standard InChI is InChI=1S/C27H27N3O5/c1-17-9-10-20-22(15-17)27(34)30(26(20)33)23-8-3-2-7-21(23)24(31)28-19-6-4-5-18(16-19)25(32)29-11-13-35-14-12-29/h2-9,16,20,22H,10-15H2,1H3,(H,28,31)/t20-,22-/m0/s1. The summed E-state index contributed by atoms with van der Waals surface area (Å²) in [6.45, 7) is 4.03. The summed E-state index contributed by atoms with van der Waals surface area (Å²) in [6.07, 6.45) is 3.11. The molecule has 0 unspecified atom stereocenters. The molecule has 8 heteroatoms. The predicted octanol–water partition coefficient (Wildman–Crippen LogP) is 3.26. The van der Waals surface area contributed by atoms with Crippen molar-refractivity contribution in [1.82, 2.24) is 4.90 Å². The molecule has 2 saturated heterocycles. The number of rotatable bonds is 4. The first-order valence-electron chi connectivity index (χ1n) is 11.8. The van der Waals surface area contributed by atoms with Crippen LogP contribution in [0.15, 0.2) is 60.2 Å². The largest absolute Gasteiger partial charge is 0.378 e. The number of allylic oxidation sites excluding steroid dienone is 2. The predicted molar refractivity (Wildman–Crippen MR) is 130 cm³/mol. The van der Waals surface area contributed by atoms with Gasteiger partial charge in [0.2, 0.25) is 11.8 Å². The van der Waals surface area contributed by atoms with E-state index in [0.29, 0.717) is 50.4 Å². The lowest BCUT2D eigenvalue weighted by atomic mass is 9.82. The Morgan fingerprint density at radius 1 is 0.971 bits per heavy atom. The van der Waals surface area contributed by atoms with Crippen molar-refractivity contribution in [3.63, 3.8) is 0 Å². The van der Waals surface area contributed by atoms with E-state index in [1.54, 1.807) is 53.4 Å². The number of para-hydroxylation sites is 1. The molecule has 0 spiro atoms. The van der Waals surface area contributed by atoms with Gasteiger partial charge in [0.25, 0.3) is 11.8 Å². The van der Waals surface area contributed by atoms with Gasteiger partial charge in [-0.25, -0.2) is 4.90 Å². The summed E-state index contributed by atoms with van der Waals surface area (Å²) >= 11 is 0. The molecule has 35 heavy (non-hydrogen) atoms. The summed E-state index contributed by atoms with van der Waals surface area (Å²) < 4.78 is 5.31. The minimum atomic E-state index is -0.457. The van der Waals surface area contributed by atoms with Crippen LogP contribution in [0, 0.1) is 11.8 Å². The maximum atomic E-state index is 13.3. The number of anilines is 2. The smallest absolute Gasteiger partial charge is 0.257 e. The average Bonchev–Trinajstić information content (AvgIpc) is 3.13. The average molecular weight is 474 g/mol. The third-order valence-electron chi connectivity index (χ3n) is 6.88. The van der Waals surface area contributed by atoms with E-state index in [1.165, 1.54) is 4.90 Å². The third kappa shape index (κ3) is 4.37. The van der Waals surface area contributed by atoms with E-state index < -0.39 is 5.91 Å². The van der Waals surface area contributed by atoms with Crippen molar-refractivity contribution in [3.05, 3.63) is 71.3 Å². The number of benzene rings is 2. The normalized spacial score (nSPS) is 22.0. The number of hydrogen-bond acceptors (Lipinski definition) is 5. The lowest BCUT2D eigenvalue weighted by molar-refractivity contribution is -0.122. The molecule has 3 aliphatic rings. The molecular weight excluding hydrogens is 446 g/mol. The van der Waals surface area contributed by atoms with Crippen molar-refractivity contribution in [2.24, 2.45) is 11.8 Å². The van der Waals surface area contributed by atoms with Gasteiger partial charge in [0.1, 0.15) is 0 Å². The van der Waals surface area contributed by atoms with Crippen LogP contribution in [0.25, 0.3) is 0 Å². The van der Waals surface area contributed by atoms with Crippen molar-refractivity contribution in [1.29, 1.82) is 0 Å². The van der Waals surface area contributed by atoms with Crippen LogP contribution in [-0.4, -0.2) is 54.8 Å². The van der Waals surface area contributed by atoms with Gasteiger partial charge in [-0.05, 0) is 50.1 Å². The Balaban J connectivity index is 1.37. The molecule has 1 N–H and O–H groups in total. The second-order valence-electron chi connectivity index (χ2n) is 9.17. The van der Waals surface area contributed by atoms with E-state index in [2.05, 4.69) is 5.32 Å². The first-order chi connectivity index (χ1) is 16.9. The van der Waals surface area contributed by atoms with Gasteiger partial charge < -0.3 is 15.0 Å². The zero-order chi connectivity index (χ0) is 24.5. The monoisotopic (exact) mass is 473 g/mol. The number of amides is 4. The van der Waals surface area contributed by atoms with Crippen LogP contribution >= 0.6 is 0 Å². The van der Waals surface area contributed by atoms with Gasteiger partial charge in [0.15, 0.2) is 0 Å². The first kappa shape index (κ1) is 23.0. The highest BCUT2D eigenvalue weighted by Gasteiger charge is 2.49. The number of carbonyl (C=O) groups excluding carboxylic acids is 4. The number of imide groups is 1. The zero-order valence-corrected chi connectivity index (χ0v) is 19.5. The number of hydrogen-bond donors (Lipinski definition) is 1. The van der Waals surface area contributed by atoms with Crippen molar-refractivity contribution in [2.45, 2.75) is 19.8 Å². The quantitative estimate of drug-likeness (QED) is 0.543. The molecule has 2 aromatic carbocycles. The Bertz CT molecular complexity index is 1230. The minimum absolute atomic E-state index is 0.121. The highest BCUT2D eigenvalue weighted by molar-refractivity contribution is 6.25. The summed E-state index contributed by atoms with van der Waals surface area (Å²) in [5.74, 6) is -1.87. The number of morpholine rings is 1. The van der Waals surface area contributed by atoms with Gasteiger partial charge in [-0.2, -0.15) is 0 Å². The molecule has 5 rings (SSSR count). The fraction of sp³-hybridized carbons (Fsp3) is 0.333. The molecule has 1 aliphatic carbocycles. The number of ether oxygens (including phenoxy) is 1. The Hall–Kier alpha value is -3.78. The maximum absolute atomic E-state index is 13.3. The van der Waals surface area contributed by atoms with Crippen molar-refractivity contribution >= 4 is 35.0 Å². The molecule has 4 amide bonds. The summed E-state index contributed by atoms with van der Waals surface area (Å²) in [5.41, 5.74) is 2.54. The second kappa shape index (κ2) is 9.46. The molecule has 0 radical (unpaired) electrons. The molecule has 8 nitrogen and oxygen atoms in total. The fourth-order valence-corrected chi connectivity index (χ4v) is 5.01. The first-order valence-corrected chi connectivity index (χ1v) is 11.8. The molecule has 2 atom stereocenters. The van der Waals surface area contributed by atoms with Crippen LogP contribution in [-0.2, 0) is 14.3 Å². The van der Waals surface area contributed by atoms with Crippen LogP contribution in [0.1, 0.15) is 40.5 Å². The van der Waals surface area contributed by atoms with E-state index in [4.69, 9.17) is 4.74 Å².